The van der Waals surface area contributed by atoms with E-state index in [9.17, 15) is 9.59 Å². The lowest BCUT2D eigenvalue weighted by Crippen LogP contribution is -2.32. The fourth-order valence-electron chi connectivity index (χ4n) is 3.95. The van der Waals surface area contributed by atoms with Crippen LogP contribution in [0.4, 0.5) is 22.9 Å². The Kier molecular flexibility index (Phi) is 4.58. The molecule has 0 atom stereocenters. The summed E-state index contributed by atoms with van der Waals surface area (Å²) < 4.78 is 0. The number of amides is 2. The van der Waals surface area contributed by atoms with E-state index >= 15 is 0 Å². The van der Waals surface area contributed by atoms with E-state index in [-0.39, 0.29) is 17.2 Å². The minimum atomic E-state index is -0.315. The lowest BCUT2D eigenvalue weighted by Gasteiger charge is -2.32. The van der Waals surface area contributed by atoms with Crippen molar-refractivity contribution >= 4 is 45.7 Å². The van der Waals surface area contributed by atoms with Crippen LogP contribution in [0, 0.1) is 0 Å². The van der Waals surface area contributed by atoms with Gasteiger partial charge in [0.25, 0.3) is 5.91 Å². The molecule has 5 rings (SSSR count). The van der Waals surface area contributed by atoms with E-state index in [2.05, 4.69) is 36.3 Å². The second-order valence-corrected chi connectivity index (χ2v) is 8.37. The van der Waals surface area contributed by atoms with Crippen LogP contribution in [0.5, 0.6) is 0 Å². The fraction of sp³-hybridized carbons (Fsp3) is 0.174. The lowest BCUT2D eigenvalue weighted by molar-refractivity contribution is -0.117. The van der Waals surface area contributed by atoms with Gasteiger partial charge in [-0.05, 0) is 48.0 Å². The number of nitrogens with zero attached hydrogens (tertiary/aromatic N) is 3. The average Bonchev–Trinajstić information content (AvgIpc) is 3.21. The maximum absolute atomic E-state index is 13.1. The zero-order valence-corrected chi connectivity index (χ0v) is 17.6. The van der Waals surface area contributed by atoms with Crippen LogP contribution in [-0.2, 0) is 10.2 Å². The number of carbonyl (C=O) groups is 2. The van der Waals surface area contributed by atoms with Gasteiger partial charge in [-0.15, -0.1) is 0 Å². The van der Waals surface area contributed by atoms with Gasteiger partial charge in [-0.2, -0.15) is 15.4 Å². The SMILES string of the molecule is CC1(C)CC(=O)Nc2cc(NC(=O)c3cccnc3Nc3ccc4n[nH]nc4c3)ccc21. The Morgan fingerprint density at radius 3 is 2.72 bits per heavy atom. The number of fused-ring (bicyclic) bond motifs is 2. The summed E-state index contributed by atoms with van der Waals surface area (Å²) in [5, 5.41) is 19.7. The van der Waals surface area contributed by atoms with Crippen molar-refractivity contribution in [2.75, 3.05) is 16.0 Å². The first-order valence-corrected chi connectivity index (χ1v) is 10.2. The number of nitrogens with one attached hydrogen (secondary N) is 4. The molecule has 0 saturated heterocycles. The zero-order valence-electron chi connectivity index (χ0n) is 17.6. The quantitative estimate of drug-likeness (QED) is 0.391. The molecule has 2 aromatic heterocycles. The maximum Gasteiger partial charge on any atom is 0.259 e. The van der Waals surface area contributed by atoms with Crippen molar-refractivity contribution in [1.82, 2.24) is 20.4 Å². The van der Waals surface area contributed by atoms with Gasteiger partial charge in [0.05, 0.1) is 5.56 Å². The predicted octanol–water partition coefficient (Wildman–Crippen LogP) is 3.97. The molecule has 0 fully saturated rings. The van der Waals surface area contributed by atoms with Crippen molar-refractivity contribution in [3.05, 3.63) is 65.9 Å². The van der Waals surface area contributed by atoms with Crippen LogP contribution in [0.3, 0.4) is 0 Å². The van der Waals surface area contributed by atoms with Gasteiger partial charge in [0.1, 0.15) is 16.9 Å². The van der Waals surface area contributed by atoms with Crippen LogP contribution < -0.4 is 16.0 Å². The first kappa shape index (κ1) is 19.7. The van der Waals surface area contributed by atoms with E-state index in [1.807, 2.05) is 44.2 Å². The number of anilines is 4. The summed E-state index contributed by atoms with van der Waals surface area (Å²) in [6, 6.07) is 14.5. The Morgan fingerprint density at radius 2 is 1.84 bits per heavy atom. The minimum absolute atomic E-state index is 0.0335. The van der Waals surface area contributed by atoms with Crippen LogP contribution in [0.2, 0.25) is 0 Å². The molecular weight excluding hydrogens is 406 g/mol. The molecule has 4 aromatic rings. The Labute approximate surface area is 183 Å². The number of hydrogen-bond acceptors (Lipinski definition) is 6. The van der Waals surface area contributed by atoms with Gasteiger partial charge in [-0.3, -0.25) is 9.59 Å². The molecule has 1 aliphatic rings. The second-order valence-electron chi connectivity index (χ2n) is 8.37. The van der Waals surface area contributed by atoms with E-state index in [0.29, 0.717) is 29.0 Å². The van der Waals surface area contributed by atoms with E-state index in [0.717, 1.165) is 22.5 Å². The first-order chi connectivity index (χ1) is 15.4. The zero-order chi connectivity index (χ0) is 22.3. The Hall–Kier alpha value is -4.27. The molecule has 32 heavy (non-hydrogen) atoms. The van der Waals surface area contributed by atoms with Gasteiger partial charge in [-0.1, -0.05) is 19.9 Å². The molecule has 1 aliphatic heterocycles. The minimum Gasteiger partial charge on any atom is -0.340 e. The van der Waals surface area contributed by atoms with Crippen molar-refractivity contribution in [3.8, 4) is 0 Å². The monoisotopic (exact) mass is 427 g/mol. The first-order valence-electron chi connectivity index (χ1n) is 10.2. The van der Waals surface area contributed by atoms with Gasteiger partial charge < -0.3 is 16.0 Å². The molecule has 160 valence electrons. The number of rotatable bonds is 4. The van der Waals surface area contributed by atoms with E-state index < -0.39 is 0 Å². The molecule has 0 saturated carbocycles. The topological polar surface area (TPSA) is 125 Å². The average molecular weight is 427 g/mol. The molecule has 0 spiro atoms. The summed E-state index contributed by atoms with van der Waals surface area (Å²) in [5.74, 6) is 0.0681. The summed E-state index contributed by atoms with van der Waals surface area (Å²) in [6.07, 6.45) is 2.04. The number of H-pyrrole nitrogens is 1. The maximum atomic E-state index is 13.1. The fourth-order valence-corrected chi connectivity index (χ4v) is 3.95. The van der Waals surface area contributed by atoms with Crippen molar-refractivity contribution in [1.29, 1.82) is 0 Å². The largest absolute Gasteiger partial charge is 0.340 e. The second kappa shape index (κ2) is 7.45. The van der Waals surface area contributed by atoms with E-state index in [4.69, 9.17) is 0 Å². The van der Waals surface area contributed by atoms with Crippen molar-refractivity contribution < 1.29 is 9.59 Å². The Balaban J connectivity index is 1.40. The number of carbonyl (C=O) groups excluding carboxylic acids is 2. The van der Waals surface area contributed by atoms with Crippen molar-refractivity contribution in [2.45, 2.75) is 25.7 Å². The van der Waals surface area contributed by atoms with Gasteiger partial charge in [0.2, 0.25) is 5.91 Å². The van der Waals surface area contributed by atoms with Gasteiger partial charge in [-0.25, -0.2) is 4.98 Å². The van der Waals surface area contributed by atoms with E-state index in [1.165, 1.54) is 0 Å². The highest BCUT2D eigenvalue weighted by atomic mass is 16.2. The standard InChI is InChI=1S/C23H21N7O2/c1-23(2)12-20(31)27-18-10-14(5-7-16(18)23)26-22(32)15-4-3-9-24-21(15)25-13-6-8-17-19(11-13)29-30-28-17/h3-11H,12H2,1-2H3,(H,24,25)(H,26,32)(H,27,31)(H,28,29,30). The third kappa shape index (κ3) is 3.64. The number of pyridine rings is 1. The Morgan fingerprint density at radius 1 is 1.03 bits per heavy atom. The van der Waals surface area contributed by atoms with Crippen molar-refractivity contribution in [3.63, 3.8) is 0 Å². The van der Waals surface area contributed by atoms with Gasteiger partial charge in [0, 0.05) is 35.1 Å². The molecular formula is C23H21N7O2. The molecule has 2 amide bonds. The molecule has 0 radical (unpaired) electrons. The molecule has 9 heteroatoms. The molecule has 0 unspecified atom stereocenters. The van der Waals surface area contributed by atoms with Crippen LogP contribution in [0.1, 0.15) is 36.2 Å². The third-order valence-electron chi connectivity index (χ3n) is 5.51. The van der Waals surface area contributed by atoms with Crippen LogP contribution >= 0.6 is 0 Å². The summed E-state index contributed by atoms with van der Waals surface area (Å²) in [6.45, 7) is 4.07. The Bertz CT molecular complexity index is 1360. The molecule has 2 aromatic carbocycles. The van der Waals surface area contributed by atoms with Crippen molar-refractivity contribution in [2.24, 2.45) is 0 Å². The predicted molar refractivity (Wildman–Crippen MR) is 122 cm³/mol. The molecule has 3 heterocycles. The van der Waals surface area contributed by atoms with Gasteiger partial charge >= 0.3 is 0 Å². The smallest absolute Gasteiger partial charge is 0.259 e. The highest BCUT2D eigenvalue weighted by Crippen LogP contribution is 2.38. The number of benzene rings is 2. The normalized spacial score (nSPS) is 14.5. The number of aromatic nitrogens is 4. The molecule has 0 aliphatic carbocycles. The highest BCUT2D eigenvalue weighted by molar-refractivity contribution is 6.08. The molecule has 9 nitrogen and oxygen atoms in total. The van der Waals surface area contributed by atoms with Crippen LogP contribution in [0.15, 0.2) is 54.7 Å². The lowest BCUT2D eigenvalue weighted by atomic mass is 9.78. The summed E-state index contributed by atoms with van der Waals surface area (Å²) in [5.41, 5.74) is 4.66. The number of hydrogen-bond donors (Lipinski definition) is 4. The van der Waals surface area contributed by atoms with E-state index in [1.54, 1.807) is 24.4 Å². The summed E-state index contributed by atoms with van der Waals surface area (Å²) in [7, 11) is 0. The third-order valence-corrected chi connectivity index (χ3v) is 5.51. The van der Waals surface area contributed by atoms with Crippen LogP contribution in [-0.4, -0.2) is 32.2 Å². The summed E-state index contributed by atoms with van der Waals surface area (Å²) in [4.78, 5) is 29.4. The molecule has 0 bridgehead atoms. The molecule has 4 N–H and O–H groups in total. The van der Waals surface area contributed by atoms with Gasteiger partial charge in [0.15, 0.2) is 0 Å². The summed E-state index contributed by atoms with van der Waals surface area (Å²) >= 11 is 0. The highest BCUT2D eigenvalue weighted by Gasteiger charge is 2.32. The van der Waals surface area contributed by atoms with Crippen LogP contribution in [0.25, 0.3) is 11.0 Å². The number of aromatic amines is 1.